The molecule has 0 heterocycles. The Hall–Kier alpha value is -0.610. The molecule has 15 heavy (non-hydrogen) atoms. The van der Waals surface area contributed by atoms with Gasteiger partial charge in [-0.25, -0.2) is 0 Å². The number of hydrogen-bond donors (Lipinski definition) is 2. The predicted molar refractivity (Wildman–Crippen MR) is 59.4 cm³/mol. The summed E-state index contributed by atoms with van der Waals surface area (Å²) >= 11 is 0. The first-order chi connectivity index (χ1) is 7.03. The van der Waals surface area contributed by atoms with Gasteiger partial charge in [0.05, 0.1) is 5.54 Å². The minimum atomic E-state index is -0.530. The van der Waals surface area contributed by atoms with Gasteiger partial charge in [0.25, 0.3) is 0 Å². The summed E-state index contributed by atoms with van der Waals surface area (Å²) in [5, 5.41) is 2.94. The number of carbonyl (C=O) groups is 1. The molecule has 1 unspecified atom stereocenters. The zero-order valence-corrected chi connectivity index (χ0v) is 9.62. The molecule has 0 aromatic rings. The van der Waals surface area contributed by atoms with Gasteiger partial charge in [-0.15, -0.1) is 0 Å². The van der Waals surface area contributed by atoms with E-state index in [9.17, 15) is 4.79 Å². The van der Waals surface area contributed by atoms with Crippen molar-refractivity contribution in [2.75, 3.05) is 13.6 Å². The van der Waals surface area contributed by atoms with E-state index in [0.29, 0.717) is 12.6 Å². The van der Waals surface area contributed by atoms with Gasteiger partial charge in [-0.05, 0) is 39.7 Å². The van der Waals surface area contributed by atoms with Gasteiger partial charge < -0.3 is 11.1 Å². The van der Waals surface area contributed by atoms with Crippen molar-refractivity contribution in [2.24, 2.45) is 5.73 Å². The third-order valence-electron chi connectivity index (χ3n) is 3.62. The number of hydrogen-bond acceptors (Lipinski definition) is 3. The van der Waals surface area contributed by atoms with Gasteiger partial charge in [0.1, 0.15) is 0 Å². The van der Waals surface area contributed by atoms with E-state index in [1.54, 1.807) is 0 Å². The van der Waals surface area contributed by atoms with Crippen molar-refractivity contribution >= 4 is 5.91 Å². The molecule has 0 spiro atoms. The van der Waals surface area contributed by atoms with Crippen molar-refractivity contribution < 1.29 is 4.79 Å². The molecule has 2 aliphatic carbocycles. The Labute approximate surface area is 91.2 Å². The van der Waals surface area contributed by atoms with Crippen molar-refractivity contribution in [2.45, 2.75) is 50.2 Å². The molecule has 2 rings (SSSR count). The summed E-state index contributed by atoms with van der Waals surface area (Å²) < 4.78 is 0. The number of amides is 1. The summed E-state index contributed by atoms with van der Waals surface area (Å²) in [6.07, 6.45) is 4.28. The van der Waals surface area contributed by atoms with E-state index in [-0.39, 0.29) is 5.91 Å². The van der Waals surface area contributed by atoms with Gasteiger partial charge >= 0.3 is 0 Å². The van der Waals surface area contributed by atoms with E-state index < -0.39 is 5.54 Å². The maximum absolute atomic E-state index is 11.6. The molecular weight excluding hydrogens is 190 g/mol. The summed E-state index contributed by atoms with van der Waals surface area (Å²) in [6, 6.07) is 1.15. The zero-order chi connectivity index (χ0) is 11.1. The van der Waals surface area contributed by atoms with Crippen LogP contribution in [0.2, 0.25) is 0 Å². The normalized spacial score (nSPS) is 25.1. The number of likely N-dealkylation sites (N-methyl/N-ethyl adjacent to an activating group) is 1. The van der Waals surface area contributed by atoms with Gasteiger partial charge in [0, 0.05) is 18.6 Å². The number of carbonyl (C=O) groups excluding carboxylic acids is 1. The highest BCUT2D eigenvalue weighted by atomic mass is 16.2. The monoisotopic (exact) mass is 211 g/mol. The molecule has 4 nitrogen and oxygen atoms in total. The molecule has 0 aromatic carbocycles. The van der Waals surface area contributed by atoms with E-state index in [4.69, 9.17) is 5.73 Å². The lowest BCUT2D eigenvalue weighted by atomic mass is 10.2. The van der Waals surface area contributed by atoms with Crippen molar-refractivity contribution in [3.8, 4) is 0 Å². The fourth-order valence-corrected chi connectivity index (χ4v) is 1.76. The highest BCUT2D eigenvalue weighted by Crippen LogP contribution is 2.32. The molecule has 0 aliphatic heterocycles. The van der Waals surface area contributed by atoms with Gasteiger partial charge in [-0.3, -0.25) is 9.69 Å². The topological polar surface area (TPSA) is 58.4 Å². The summed E-state index contributed by atoms with van der Waals surface area (Å²) in [5.41, 5.74) is 5.27. The molecule has 86 valence electrons. The van der Waals surface area contributed by atoms with Gasteiger partial charge in [-0.1, -0.05) is 0 Å². The highest BCUT2D eigenvalue weighted by molar-refractivity contribution is 5.88. The lowest BCUT2D eigenvalue weighted by Crippen LogP contribution is -2.47. The molecule has 2 saturated carbocycles. The second kappa shape index (κ2) is 3.76. The average Bonchev–Trinajstić information content (AvgIpc) is 3.06. The third-order valence-corrected chi connectivity index (χ3v) is 3.62. The molecule has 0 saturated heterocycles. The summed E-state index contributed by atoms with van der Waals surface area (Å²) in [4.78, 5) is 13.9. The SMILES string of the molecule is CC(CNC(=O)C1(N)CC1)N(C)C1CC1. The molecule has 1 atom stereocenters. The van der Waals surface area contributed by atoms with Crippen molar-refractivity contribution in [1.29, 1.82) is 0 Å². The Morgan fingerprint density at radius 2 is 2.20 bits per heavy atom. The second-order valence-corrected chi connectivity index (χ2v) is 5.11. The number of rotatable bonds is 5. The van der Waals surface area contributed by atoms with Crippen LogP contribution in [-0.2, 0) is 4.79 Å². The van der Waals surface area contributed by atoms with Crippen molar-refractivity contribution in [1.82, 2.24) is 10.2 Å². The first-order valence-corrected chi connectivity index (χ1v) is 5.82. The van der Waals surface area contributed by atoms with Crippen LogP contribution in [0.25, 0.3) is 0 Å². The number of nitrogens with zero attached hydrogens (tertiary/aromatic N) is 1. The van der Waals surface area contributed by atoms with E-state index in [1.807, 2.05) is 0 Å². The third kappa shape index (κ3) is 2.49. The van der Waals surface area contributed by atoms with Crippen LogP contribution in [0.5, 0.6) is 0 Å². The molecule has 2 aliphatic rings. The molecule has 3 N–H and O–H groups in total. The quantitative estimate of drug-likeness (QED) is 0.677. The lowest BCUT2D eigenvalue weighted by Gasteiger charge is -2.25. The van der Waals surface area contributed by atoms with Crippen molar-refractivity contribution in [3.05, 3.63) is 0 Å². The smallest absolute Gasteiger partial charge is 0.240 e. The van der Waals surface area contributed by atoms with Crippen LogP contribution in [0.4, 0.5) is 0 Å². The van der Waals surface area contributed by atoms with Crippen LogP contribution in [0.1, 0.15) is 32.6 Å². The minimum Gasteiger partial charge on any atom is -0.353 e. The second-order valence-electron chi connectivity index (χ2n) is 5.11. The summed E-state index contributed by atoms with van der Waals surface area (Å²) in [6.45, 7) is 2.86. The van der Waals surface area contributed by atoms with E-state index in [2.05, 4.69) is 24.2 Å². The van der Waals surface area contributed by atoms with E-state index in [0.717, 1.165) is 18.9 Å². The molecular formula is C11H21N3O. The minimum absolute atomic E-state index is 0.0264. The predicted octanol–water partition coefficient (Wildman–Crippen LogP) is 0.0766. The molecule has 0 bridgehead atoms. The Kier molecular flexibility index (Phi) is 2.73. The maximum atomic E-state index is 11.6. The highest BCUT2D eigenvalue weighted by Gasteiger charge is 2.45. The molecule has 0 radical (unpaired) electrons. The zero-order valence-electron chi connectivity index (χ0n) is 9.62. The largest absolute Gasteiger partial charge is 0.353 e. The first kappa shape index (κ1) is 10.9. The maximum Gasteiger partial charge on any atom is 0.240 e. The van der Waals surface area contributed by atoms with Crippen LogP contribution < -0.4 is 11.1 Å². The van der Waals surface area contributed by atoms with Crippen molar-refractivity contribution in [3.63, 3.8) is 0 Å². The van der Waals surface area contributed by atoms with Gasteiger partial charge in [0.2, 0.25) is 5.91 Å². The molecule has 2 fully saturated rings. The van der Waals surface area contributed by atoms with Gasteiger partial charge in [0.15, 0.2) is 0 Å². The lowest BCUT2D eigenvalue weighted by molar-refractivity contribution is -0.123. The fraction of sp³-hybridized carbons (Fsp3) is 0.909. The van der Waals surface area contributed by atoms with Crippen LogP contribution in [0.3, 0.4) is 0 Å². The van der Waals surface area contributed by atoms with E-state index >= 15 is 0 Å². The summed E-state index contributed by atoms with van der Waals surface area (Å²) in [5.74, 6) is 0.0264. The molecule has 0 aromatic heterocycles. The van der Waals surface area contributed by atoms with Crippen LogP contribution in [-0.4, -0.2) is 42.0 Å². The first-order valence-electron chi connectivity index (χ1n) is 5.82. The molecule has 1 amide bonds. The van der Waals surface area contributed by atoms with Crippen LogP contribution in [0.15, 0.2) is 0 Å². The molecule has 4 heteroatoms. The fourth-order valence-electron chi connectivity index (χ4n) is 1.76. The standard InChI is InChI=1S/C11H21N3O/c1-8(14(2)9-3-4-9)7-13-10(15)11(12)5-6-11/h8-9H,3-7,12H2,1-2H3,(H,13,15). The summed E-state index contributed by atoms with van der Waals surface area (Å²) in [7, 11) is 2.13. The average molecular weight is 211 g/mol. The number of nitrogens with two attached hydrogens (primary N) is 1. The Bertz CT molecular complexity index is 259. The Morgan fingerprint density at radius 3 is 2.67 bits per heavy atom. The Balaban J connectivity index is 1.70. The van der Waals surface area contributed by atoms with Gasteiger partial charge in [-0.2, -0.15) is 0 Å². The number of nitrogens with one attached hydrogen (secondary N) is 1. The van der Waals surface area contributed by atoms with Crippen LogP contribution in [0, 0.1) is 0 Å². The Morgan fingerprint density at radius 1 is 1.60 bits per heavy atom. The van der Waals surface area contributed by atoms with E-state index in [1.165, 1.54) is 12.8 Å². The van der Waals surface area contributed by atoms with Crippen LogP contribution >= 0.6 is 0 Å².